The van der Waals surface area contributed by atoms with E-state index >= 15 is 0 Å². The van der Waals surface area contributed by atoms with Crippen molar-refractivity contribution in [3.05, 3.63) is 158 Å². The normalized spacial score (nSPS) is 10.6. The average molecular weight is 397 g/mol. The van der Waals surface area contributed by atoms with Crippen LogP contribution in [0.1, 0.15) is 0 Å². The van der Waals surface area contributed by atoms with Gasteiger partial charge in [0.15, 0.2) is 0 Å². The highest BCUT2D eigenvalue weighted by Crippen LogP contribution is 2.09. The molecule has 0 saturated carbocycles. The van der Waals surface area contributed by atoms with Gasteiger partial charge in [0.25, 0.3) is 0 Å². The van der Waals surface area contributed by atoms with Crippen LogP contribution in [0.15, 0.2) is 158 Å². The molecule has 1 heteroatoms. The summed E-state index contributed by atoms with van der Waals surface area (Å²) < 4.78 is 0. The van der Waals surface area contributed by atoms with Crippen LogP contribution in [0.4, 0.5) is 0 Å². The standard InChI is InChI=1S/C24H20B.C6H6/c1-5-13-21(14-6-1)25(22-15-7-2-8-16-22,23-17-9-3-10-18-23)24-19-11-4-12-20-24;1-2-4-6-5-3-1/h1-20H;1-6H/q-1;. The minimum absolute atomic E-state index is 1.22. The van der Waals surface area contributed by atoms with Crippen molar-refractivity contribution in [2.75, 3.05) is 0 Å². The highest BCUT2D eigenvalue weighted by Gasteiger charge is 2.30. The van der Waals surface area contributed by atoms with Gasteiger partial charge in [-0.05, 0) is 0 Å². The van der Waals surface area contributed by atoms with Gasteiger partial charge in [-0.2, -0.15) is 21.9 Å². The summed E-state index contributed by atoms with van der Waals surface area (Å²) in [7, 11) is 0. The molecule has 31 heavy (non-hydrogen) atoms. The maximum Gasteiger partial charge on any atom is 0.108 e. The molecule has 5 rings (SSSR count). The van der Waals surface area contributed by atoms with Crippen molar-refractivity contribution in [2.24, 2.45) is 0 Å². The summed E-state index contributed by atoms with van der Waals surface area (Å²) >= 11 is 0. The molecule has 0 aliphatic heterocycles. The van der Waals surface area contributed by atoms with Crippen molar-refractivity contribution in [3.63, 3.8) is 0 Å². The van der Waals surface area contributed by atoms with Crippen LogP contribution in [-0.2, 0) is 0 Å². The molecule has 0 aliphatic carbocycles. The zero-order valence-electron chi connectivity index (χ0n) is 17.6. The summed E-state index contributed by atoms with van der Waals surface area (Å²) in [5.41, 5.74) is 5.36. The Morgan fingerprint density at radius 1 is 0.226 bits per heavy atom. The smallest absolute Gasteiger partial charge is 0.108 e. The zero-order chi connectivity index (χ0) is 21.2. The molecule has 0 N–H and O–H groups in total. The van der Waals surface area contributed by atoms with Crippen molar-refractivity contribution < 1.29 is 0 Å². The van der Waals surface area contributed by atoms with Gasteiger partial charge in [-0.3, -0.25) is 0 Å². The maximum absolute atomic E-state index is 2.26. The second kappa shape index (κ2) is 10.3. The van der Waals surface area contributed by atoms with Crippen LogP contribution >= 0.6 is 0 Å². The summed E-state index contributed by atoms with van der Waals surface area (Å²) in [5, 5.41) is 0. The summed E-state index contributed by atoms with van der Waals surface area (Å²) in [6.45, 7) is 0. The SMILES string of the molecule is c1ccc([B-](c2ccccc2)(c2ccccc2)c2ccccc2)cc1.c1ccccc1. The van der Waals surface area contributed by atoms with E-state index in [1.54, 1.807) is 0 Å². The van der Waals surface area contributed by atoms with Gasteiger partial charge in [-0.25, -0.2) is 0 Å². The van der Waals surface area contributed by atoms with Crippen molar-refractivity contribution in [2.45, 2.75) is 0 Å². The predicted octanol–water partition coefficient (Wildman–Crippen LogP) is 4.75. The van der Waals surface area contributed by atoms with E-state index in [1.165, 1.54) is 21.9 Å². The van der Waals surface area contributed by atoms with Gasteiger partial charge in [-0.1, -0.05) is 158 Å². The van der Waals surface area contributed by atoms with Gasteiger partial charge in [0, 0.05) is 0 Å². The van der Waals surface area contributed by atoms with Gasteiger partial charge in [-0.15, -0.1) is 0 Å². The van der Waals surface area contributed by atoms with E-state index in [9.17, 15) is 0 Å². The summed E-state index contributed by atoms with van der Waals surface area (Å²) in [5.74, 6) is 0. The molecular formula is C30H26B-. The van der Waals surface area contributed by atoms with Crippen molar-refractivity contribution in [1.82, 2.24) is 0 Å². The van der Waals surface area contributed by atoms with E-state index < -0.39 is 6.15 Å². The number of benzene rings is 5. The Hall–Kier alpha value is -3.84. The quantitative estimate of drug-likeness (QED) is 0.384. The fourth-order valence-corrected chi connectivity index (χ4v) is 4.51. The van der Waals surface area contributed by atoms with E-state index in [0.29, 0.717) is 0 Å². The third-order valence-electron chi connectivity index (χ3n) is 5.86. The fourth-order valence-electron chi connectivity index (χ4n) is 4.51. The first-order valence-corrected chi connectivity index (χ1v) is 10.8. The van der Waals surface area contributed by atoms with Gasteiger partial charge in [0.2, 0.25) is 0 Å². The molecular weight excluding hydrogens is 371 g/mol. The minimum Gasteiger partial charge on any atom is -0.195 e. The lowest BCUT2D eigenvalue weighted by atomic mass is 9.13. The average Bonchev–Trinajstić information content (AvgIpc) is 2.89. The first-order valence-electron chi connectivity index (χ1n) is 10.8. The molecule has 0 amide bonds. The Morgan fingerprint density at radius 2 is 0.387 bits per heavy atom. The number of hydrogen-bond acceptors (Lipinski definition) is 0. The number of hydrogen-bond donors (Lipinski definition) is 0. The molecule has 0 heterocycles. The third kappa shape index (κ3) is 4.52. The van der Waals surface area contributed by atoms with Crippen LogP contribution in [0.3, 0.4) is 0 Å². The maximum atomic E-state index is 2.26. The van der Waals surface area contributed by atoms with E-state index in [2.05, 4.69) is 121 Å². The van der Waals surface area contributed by atoms with E-state index in [0.717, 1.165) is 0 Å². The Labute approximate surface area is 185 Å². The fraction of sp³-hybridized carbons (Fsp3) is 0. The molecule has 0 bridgehead atoms. The van der Waals surface area contributed by atoms with Crippen molar-refractivity contribution >= 4 is 28.0 Å². The van der Waals surface area contributed by atoms with Gasteiger partial charge < -0.3 is 0 Å². The van der Waals surface area contributed by atoms with E-state index in [1.807, 2.05) is 36.4 Å². The lowest BCUT2D eigenvalue weighted by Crippen LogP contribution is -2.74. The third-order valence-corrected chi connectivity index (χ3v) is 5.86. The lowest BCUT2D eigenvalue weighted by Gasteiger charge is -2.44. The summed E-state index contributed by atoms with van der Waals surface area (Å²) in [6, 6.07) is 55.5. The van der Waals surface area contributed by atoms with Gasteiger partial charge in [0.1, 0.15) is 6.15 Å². The molecule has 0 saturated heterocycles. The Kier molecular flexibility index (Phi) is 6.77. The summed E-state index contributed by atoms with van der Waals surface area (Å²) in [4.78, 5) is 0. The van der Waals surface area contributed by atoms with Crippen LogP contribution in [0.2, 0.25) is 0 Å². The van der Waals surface area contributed by atoms with Gasteiger partial charge >= 0.3 is 0 Å². The molecule has 0 atom stereocenters. The topological polar surface area (TPSA) is 0 Å². The highest BCUT2D eigenvalue weighted by atomic mass is 14.1. The first kappa shape index (κ1) is 20.4. The second-order valence-electron chi connectivity index (χ2n) is 7.66. The molecule has 0 nitrogen and oxygen atoms in total. The number of rotatable bonds is 4. The molecule has 0 aromatic heterocycles. The largest absolute Gasteiger partial charge is 0.195 e. The van der Waals surface area contributed by atoms with Crippen LogP contribution in [0.5, 0.6) is 0 Å². The second-order valence-corrected chi connectivity index (χ2v) is 7.66. The summed E-state index contributed by atoms with van der Waals surface area (Å²) in [6.07, 6.45) is -1.22. The molecule has 0 aliphatic rings. The molecule has 0 radical (unpaired) electrons. The van der Waals surface area contributed by atoms with Crippen LogP contribution in [0.25, 0.3) is 0 Å². The predicted molar refractivity (Wildman–Crippen MR) is 136 cm³/mol. The lowest BCUT2D eigenvalue weighted by molar-refractivity contribution is 1.66. The van der Waals surface area contributed by atoms with Crippen molar-refractivity contribution in [3.8, 4) is 0 Å². The first-order chi connectivity index (χ1) is 15.4. The zero-order valence-corrected chi connectivity index (χ0v) is 17.6. The monoisotopic (exact) mass is 397 g/mol. The molecule has 0 fully saturated rings. The van der Waals surface area contributed by atoms with Crippen LogP contribution in [-0.4, -0.2) is 6.15 Å². The van der Waals surface area contributed by atoms with E-state index in [-0.39, 0.29) is 0 Å². The molecule has 5 aromatic carbocycles. The van der Waals surface area contributed by atoms with Crippen LogP contribution < -0.4 is 21.9 Å². The molecule has 5 aromatic rings. The van der Waals surface area contributed by atoms with Crippen LogP contribution in [0, 0.1) is 0 Å². The highest BCUT2D eigenvalue weighted by molar-refractivity contribution is 7.19. The molecule has 0 spiro atoms. The Balaban J connectivity index is 0.000000334. The van der Waals surface area contributed by atoms with E-state index in [4.69, 9.17) is 0 Å². The Morgan fingerprint density at radius 3 is 0.581 bits per heavy atom. The van der Waals surface area contributed by atoms with Gasteiger partial charge in [0.05, 0.1) is 0 Å². The molecule has 0 unspecified atom stereocenters. The Bertz CT molecular complexity index is 949. The molecule has 150 valence electrons. The van der Waals surface area contributed by atoms with Crippen molar-refractivity contribution in [1.29, 1.82) is 0 Å². The minimum atomic E-state index is -1.22.